The Morgan fingerprint density at radius 1 is 0.974 bits per heavy atom. The Hall–Kier alpha value is -4.59. The minimum absolute atomic E-state index is 0.125. The Morgan fingerprint density at radius 3 is 2.32 bits per heavy atom. The van der Waals surface area contributed by atoms with Crippen molar-refractivity contribution in [2.75, 3.05) is 13.7 Å². The van der Waals surface area contributed by atoms with E-state index in [0.717, 1.165) is 17.0 Å². The highest BCUT2D eigenvalue weighted by atomic mass is 16.5. The van der Waals surface area contributed by atoms with Gasteiger partial charge >= 0.3 is 5.97 Å². The van der Waals surface area contributed by atoms with Crippen molar-refractivity contribution in [3.05, 3.63) is 95.4 Å². The molecule has 1 aromatic heterocycles. The van der Waals surface area contributed by atoms with Crippen LogP contribution in [0, 0.1) is 6.92 Å². The van der Waals surface area contributed by atoms with Crippen LogP contribution < -0.4 is 14.2 Å². The average molecular weight is 516 g/mol. The van der Waals surface area contributed by atoms with Crippen LogP contribution in [0.4, 0.5) is 0 Å². The van der Waals surface area contributed by atoms with Gasteiger partial charge in [0, 0.05) is 23.6 Å². The van der Waals surface area contributed by atoms with Crippen molar-refractivity contribution in [1.82, 2.24) is 4.98 Å². The summed E-state index contributed by atoms with van der Waals surface area (Å²) in [5, 5.41) is 9.45. The number of nitrogens with zero attached hydrogens (tertiary/aromatic N) is 1. The van der Waals surface area contributed by atoms with Gasteiger partial charge in [0.15, 0.2) is 11.4 Å². The molecule has 3 aromatic carbocycles. The van der Waals surface area contributed by atoms with E-state index in [0.29, 0.717) is 36.0 Å². The lowest BCUT2D eigenvalue weighted by Gasteiger charge is -2.23. The Balaban J connectivity index is 1.43. The Labute approximate surface area is 220 Å². The zero-order valence-corrected chi connectivity index (χ0v) is 21.7. The van der Waals surface area contributed by atoms with Gasteiger partial charge in [0.1, 0.15) is 23.0 Å². The smallest absolute Gasteiger partial charge is 0.347 e. The molecule has 38 heavy (non-hydrogen) atoms. The van der Waals surface area contributed by atoms with Crippen LogP contribution >= 0.6 is 0 Å². The van der Waals surface area contributed by atoms with Crippen molar-refractivity contribution in [3.8, 4) is 28.7 Å². The van der Waals surface area contributed by atoms with Gasteiger partial charge in [-0.05, 0) is 69.3 Å². The lowest BCUT2D eigenvalue weighted by Crippen LogP contribution is -2.38. The first-order chi connectivity index (χ1) is 18.2. The van der Waals surface area contributed by atoms with Crippen LogP contribution in [0.2, 0.25) is 0 Å². The van der Waals surface area contributed by atoms with Gasteiger partial charge in [-0.1, -0.05) is 18.2 Å². The van der Waals surface area contributed by atoms with Crippen LogP contribution in [0.3, 0.4) is 0 Å². The summed E-state index contributed by atoms with van der Waals surface area (Å²) >= 11 is 0. The molecule has 0 saturated carbocycles. The number of ether oxygens (including phenoxy) is 3. The number of benzene rings is 3. The van der Waals surface area contributed by atoms with E-state index in [4.69, 9.17) is 18.6 Å². The third kappa shape index (κ3) is 6.03. The van der Waals surface area contributed by atoms with Crippen LogP contribution in [0.15, 0.2) is 77.2 Å². The summed E-state index contributed by atoms with van der Waals surface area (Å²) in [7, 11) is 1.48. The molecule has 0 fully saturated rings. The molecule has 8 heteroatoms. The number of carbonyl (C=O) groups excluding carboxylic acids is 1. The normalized spacial score (nSPS) is 11.2. The molecular formula is C30H29NO7. The van der Waals surface area contributed by atoms with Crippen molar-refractivity contribution in [1.29, 1.82) is 0 Å². The lowest BCUT2D eigenvalue weighted by molar-refractivity contribution is -0.152. The number of aliphatic carboxylic acids is 1. The molecule has 0 atom stereocenters. The summed E-state index contributed by atoms with van der Waals surface area (Å²) in [4.78, 5) is 29.4. The summed E-state index contributed by atoms with van der Waals surface area (Å²) in [5.41, 5.74) is 0.833. The molecule has 0 radical (unpaired) electrons. The summed E-state index contributed by atoms with van der Waals surface area (Å²) < 4.78 is 22.6. The standard InChI is InChI=1S/C30H29NO7/c1-19-25(31-28(37-19)21-8-6-5-7-9-21)16-17-36-22-12-10-20(11-13-22)27(32)24-15-14-23(35-4)18-26(24)38-30(2,3)29(33)34/h5-15,18H,16-17H2,1-4H3,(H,33,34). The second-order valence-corrected chi connectivity index (χ2v) is 9.12. The lowest BCUT2D eigenvalue weighted by atomic mass is 10.0. The topological polar surface area (TPSA) is 108 Å². The van der Waals surface area contributed by atoms with E-state index in [9.17, 15) is 14.7 Å². The number of hydrogen-bond acceptors (Lipinski definition) is 7. The van der Waals surface area contributed by atoms with Crippen LogP contribution in [-0.2, 0) is 11.2 Å². The first-order valence-corrected chi connectivity index (χ1v) is 12.1. The summed E-state index contributed by atoms with van der Waals surface area (Å²) in [6.07, 6.45) is 0.564. The number of aryl methyl sites for hydroxylation is 1. The molecule has 0 bridgehead atoms. The second-order valence-electron chi connectivity index (χ2n) is 9.12. The van der Waals surface area contributed by atoms with Gasteiger partial charge in [0.25, 0.3) is 0 Å². The Morgan fingerprint density at radius 2 is 1.66 bits per heavy atom. The van der Waals surface area contributed by atoms with Gasteiger partial charge in [0.2, 0.25) is 5.89 Å². The molecule has 0 amide bonds. The van der Waals surface area contributed by atoms with Gasteiger partial charge in [-0.3, -0.25) is 4.79 Å². The first kappa shape index (κ1) is 26.5. The average Bonchev–Trinajstić information content (AvgIpc) is 3.29. The number of carboxylic acid groups (broad SMARTS) is 1. The highest BCUT2D eigenvalue weighted by Crippen LogP contribution is 2.31. The summed E-state index contributed by atoms with van der Waals surface area (Å²) in [6, 6.07) is 21.1. The zero-order chi connectivity index (χ0) is 27.3. The fourth-order valence-corrected chi connectivity index (χ4v) is 3.71. The molecular weight excluding hydrogens is 486 g/mol. The van der Waals surface area contributed by atoms with Crippen LogP contribution in [-0.4, -0.2) is 41.2 Å². The molecule has 0 saturated heterocycles. The quantitative estimate of drug-likeness (QED) is 0.252. The fraction of sp³-hybridized carbons (Fsp3) is 0.233. The minimum atomic E-state index is -1.54. The monoisotopic (exact) mass is 515 g/mol. The van der Waals surface area contributed by atoms with Gasteiger partial charge < -0.3 is 23.7 Å². The molecule has 0 aliphatic carbocycles. The van der Waals surface area contributed by atoms with Gasteiger partial charge in [-0.15, -0.1) is 0 Å². The molecule has 4 aromatic rings. The fourth-order valence-electron chi connectivity index (χ4n) is 3.71. The third-order valence-electron chi connectivity index (χ3n) is 5.95. The minimum Gasteiger partial charge on any atom is -0.497 e. The van der Waals surface area contributed by atoms with E-state index in [2.05, 4.69) is 4.98 Å². The maximum Gasteiger partial charge on any atom is 0.347 e. The number of oxazole rings is 1. The molecule has 8 nitrogen and oxygen atoms in total. The predicted octanol–water partition coefficient (Wildman–Crippen LogP) is 5.75. The third-order valence-corrected chi connectivity index (χ3v) is 5.95. The van der Waals surface area contributed by atoms with Crippen molar-refractivity contribution in [2.45, 2.75) is 32.8 Å². The Bertz CT molecular complexity index is 1420. The van der Waals surface area contributed by atoms with Crippen molar-refractivity contribution in [3.63, 3.8) is 0 Å². The number of ketones is 1. The number of rotatable bonds is 11. The largest absolute Gasteiger partial charge is 0.497 e. The first-order valence-electron chi connectivity index (χ1n) is 12.1. The highest BCUT2D eigenvalue weighted by molar-refractivity contribution is 6.11. The molecule has 0 aliphatic rings. The van der Waals surface area contributed by atoms with E-state index in [1.165, 1.54) is 27.0 Å². The number of hydrogen-bond donors (Lipinski definition) is 1. The summed E-state index contributed by atoms with van der Waals surface area (Å²) in [5.74, 6) is 1.02. The van der Waals surface area contributed by atoms with E-state index in [-0.39, 0.29) is 17.1 Å². The number of carbonyl (C=O) groups is 2. The van der Waals surface area contributed by atoms with E-state index in [1.54, 1.807) is 36.4 Å². The maximum absolute atomic E-state index is 13.3. The van der Waals surface area contributed by atoms with Crippen LogP contribution in [0.1, 0.15) is 41.2 Å². The van der Waals surface area contributed by atoms with Gasteiger partial charge in [-0.25, -0.2) is 9.78 Å². The molecule has 1 N–H and O–H groups in total. The van der Waals surface area contributed by atoms with E-state index in [1.807, 2.05) is 37.3 Å². The predicted molar refractivity (Wildman–Crippen MR) is 141 cm³/mol. The maximum atomic E-state index is 13.3. The highest BCUT2D eigenvalue weighted by Gasteiger charge is 2.31. The molecule has 196 valence electrons. The van der Waals surface area contributed by atoms with E-state index >= 15 is 0 Å². The second kappa shape index (κ2) is 11.2. The van der Waals surface area contributed by atoms with Gasteiger partial charge in [0.05, 0.1) is 25.0 Å². The van der Waals surface area contributed by atoms with Crippen molar-refractivity contribution in [2.24, 2.45) is 0 Å². The molecule has 1 heterocycles. The Kier molecular flexibility index (Phi) is 7.81. The number of aromatic nitrogens is 1. The van der Waals surface area contributed by atoms with E-state index < -0.39 is 11.6 Å². The zero-order valence-electron chi connectivity index (χ0n) is 21.7. The summed E-state index contributed by atoms with van der Waals surface area (Å²) in [6.45, 7) is 5.09. The molecule has 0 spiro atoms. The van der Waals surface area contributed by atoms with Crippen molar-refractivity contribution >= 4 is 11.8 Å². The number of carboxylic acids is 1. The van der Waals surface area contributed by atoms with Crippen LogP contribution in [0.5, 0.6) is 17.2 Å². The molecule has 0 unspecified atom stereocenters. The number of methoxy groups -OCH3 is 1. The van der Waals surface area contributed by atoms with Crippen LogP contribution in [0.25, 0.3) is 11.5 Å². The van der Waals surface area contributed by atoms with Crippen molar-refractivity contribution < 1.29 is 33.3 Å². The van der Waals surface area contributed by atoms with Gasteiger partial charge in [-0.2, -0.15) is 0 Å². The molecule has 0 aliphatic heterocycles. The molecule has 4 rings (SSSR count). The SMILES string of the molecule is COc1ccc(C(=O)c2ccc(OCCc3nc(-c4ccccc4)oc3C)cc2)c(OC(C)(C)C(=O)O)c1.